The molecule has 7 nitrogen and oxygen atoms in total. The molecule has 2 heterocycles. The van der Waals surface area contributed by atoms with Gasteiger partial charge in [-0.2, -0.15) is 0 Å². The predicted octanol–water partition coefficient (Wildman–Crippen LogP) is 6.19. The average molecular weight is 478 g/mol. The second-order valence-corrected chi connectivity index (χ2v) is 7.72. The van der Waals surface area contributed by atoms with Gasteiger partial charge in [-0.15, -0.1) is 0 Å². The summed E-state index contributed by atoms with van der Waals surface area (Å²) in [5.74, 6) is 1.93. The summed E-state index contributed by atoms with van der Waals surface area (Å²) in [6.45, 7) is 3.89. The summed E-state index contributed by atoms with van der Waals surface area (Å²) >= 11 is 3.19. The number of carbonyl (C=O) groups excluding carboxylic acids is 1. The minimum Gasteiger partial charge on any atom is -0.444 e. The lowest BCUT2D eigenvalue weighted by Gasteiger charge is -2.11. The van der Waals surface area contributed by atoms with Crippen molar-refractivity contribution in [2.75, 3.05) is 16.0 Å². The van der Waals surface area contributed by atoms with Crippen molar-refractivity contribution in [3.8, 4) is 0 Å². The zero-order chi connectivity index (χ0) is 21.8. The molecule has 156 valence electrons. The number of aromatic nitrogens is 2. The molecule has 0 aliphatic carbocycles. The van der Waals surface area contributed by atoms with Crippen molar-refractivity contribution in [1.82, 2.24) is 9.97 Å². The minimum atomic E-state index is -0.315. The van der Waals surface area contributed by atoms with E-state index in [1.165, 1.54) is 5.56 Å². The summed E-state index contributed by atoms with van der Waals surface area (Å²) in [6, 6.07) is 20.6. The van der Waals surface area contributed by atoms with Crippen LogP contribution in [0.4, 0.5) is 28.7 Å². The number of nitrogens with one attached hydrogen (secondary N) is 3. The first-order valence-corrected chi connectivity index (χ1v) is 10.4. The molecule has 1 amide bonds. The van der Waals surface area contributed by atoms with Gasteiger partial charge in [0.2, 0.25) is 0 Å². The van der Waals surface area contributed by atoms with Crippen molar-refractivity contribution in [2.24, 2.45) is 0 Å². The largest absolute Gasteiger partial charge is 0.444 e. The van der Waals surface area contributed by atoms with E-state index in [1.807, 2.05) is 56.3 Å². The number of rotatable bonds is 6. The van der Waals surface area contributed by atoms with Gasteiger partial charge in [0.15, 0.2) is 10.4 Å². The first kappa shape index (κ1) is 20.6. The van der Waals surface area contributed by atoms with E-state index >= 15 is 0 Å². The Hall–Kier alpha value is -3.65. The van der Waals surface area contributed by atoms with E-state index in [2.05, 4.69) is 41.8 Å². The second kappa shape index (κ2) is 9.01. The first-order chi connectivity index (χ1) is 14.9. The van der Waals surface area contributed by atoms with Crippen LogP contribution in [0.1, 0.15) is 21.9 Å². The molecule has 0 saturated carbocycles. The molecule has 0 saturated heterocycles. The Morgan fingerprint density at radius 2 is 1.35 bits per heavy atom. The Labute approximate surface area is 188 Å². The van der Waals surface area contributed by atoms with Gasteiger partial charge < -0.3 is 20.4 Å². The van der Waals surface area contributed by atoms with E-state index in [4.69, 9.17) is 4.42 Å². The Kier molecular flexibility index (Phi) is 5.99. The lowest BCUT2D eigenvalue weighted by Crippen LogP contribution is -2.10. The third-order valence-electron chi connectivity index (χ3n) is 4.37. The van der Waals surface area contributed by atoms with Crippen molar-refractivity contribution in [1.29, 1.82) is 0 Å². The number of anilines is 5. The number of carbonyl (C=O) groups is 1. The summed E-state index contributed by atoms with van der Waals surface area (Å²) in [5, 5.41) is 9.36. The van der Waals surface area contributed by atoms with Gasteiger partial charge in [0.05, 0.1) is 0 Å². The van der Waals surface area contributed by atoms with Crippen LogP contribution in [0, 0.1) is 13.8 Å². The monoisotopic (exact) mass is 477 g/mol. The standard InChI is InChI=1S/C23H20BrN5O2/c1-14-3-5-16(6-4-14)27-21-13-22(26-15(2)25-21)28-17-7-9-18(10-8-17)29-23(30)19-11-12-20(24)31-19/h3-13H,1-2H3,(H,29,30)(H2,25,26,27,28). The highest BCUT2D eigenvalue weighted by molar-refractivity contribution is 9.10. The first-order valence-electron chi connectivity index (χ1n) is 9.58. The molecule has 0 spiro atoms. The van der Waals surface area contributed by atoms with Gasteiger partial charge in [0.1, 0.15) is 17.5 Å². The molecule has 4 aromatic rings. The molecule has 2 aromatic carbocycles. The normalized spacial score (nSPS) is 10.5. The van der Waals surface area contributed by atoms with E-state index in [9.17, 15) is 4.79 Å². The molecule has 0 radical (unpaired) electrons. The number of halogens is 1. The summed E-state index contributed by atoms with van der Waals surface area (Å²) in [5.41, 5.74) is 3.64. The maximum Gasteiger partial charge on any atom is 0.291 e. The Morgan fingerprint density at radius 1 is 0.806 bits per heavy atom. The highest BCUT2D eigenvalue weighted by Gasteiger charge is 2.10. The van der Waals surface area contributed by atoms with E-state index in [0.717, 1.165) is 11.4 Å². The fourth-order valence-electron chi connectivity index (χ4n) is 2.89. The predicted molar refractivity (Wildman–Crippen MR) is 125 cm³/mol. The van der Waals surface area contributed by atoms with Crippen LogP contribution in [-0.4, -0.2) is 15.9 Å². The van der Waals surface area contributed by atoms with Crippen molar-refractivity contribution in [3.05, 3.63) is 88.5 Å². The van der Waals surface area contributed by atoms with E-state index in [1.54, 1.807) is 24.3 Å². The fourth-order valence-corrected chi connectivity index (χ4v) is 3.20. The second-order valence-electron chi connectivity index (χ2n) is 6.94. The third-order valence-corrected chi connectivity index (χ3v) is 4.80. The number of furan rings is 1. The SMILES string of the molecule is Cc1ccc(Nc2cc(Nc3ccc(NC(=O)c4ccc(Br)o4)cc3)nc(C)n2)cc1. The number of nitrogens with zero attached hydrogens (tertiary/aromatic N) is 2. The molecule has 0 bridgehead atoms. The van der Waals surface area contributed by atoms with Gasteiger partial charge in [-0.05, 0) is 78.3 Å². The van der Waals surface area contributed by atoms with Gasteiger partial charge in [0.25, 0.3) is 5.91 Å². The number of hydrogen-bond donors (Lipinski definition) is 3. The van der Waals surface area contributed by atoms with Crippen LogP contribution in [0.15, 0.2) is 75.8 Å². The van der Waals surface area contributed by atoms with E-state index in [0.29, 0.717) is 27.8 Å². The molecule has 4 rings (SSSR count). The van der Waals surface area contributed by atoms with Gasteiger partial charge in [-0.1, -0.05) is 17.7 Å². The van der Waals surface area contributed by atoms with Crippen LogP contribution in [0.2, 0.25) is 0 Å². The lowest BCUT2D eigenvalue weighted by molar-refractivity contribution is 0.0995. The van der Waals surface area contributed by atoms with Crippen molar-refractivity contribution in [3.63, 3.8) is 0 Å². The average Bonchev–Trinajstić information content (AvgIpc) is 3.17. The van der Waals surface area contributed by atoms with Crippen LogP contribution >= 0.6 is 15.9 Å². The molecule has 3 N–H and O–H groups in total. The van der Waals surface area contributed by atoms with Crippen LogP contribution in [0.3, 0.4) is 0 Å². The number of aryl methyl sites for hydroxylation is 2. The summed E-state index contributed by atoms with van der Waals surface area (Å²) < 4.78 is 5.77. The zero-order valence-electron chi connectivity index (χ0n) is 16.9. The Balaban J connectivity index is 1.43. The maximum atomic E-state index is 12.2. The molecular weight excluding hydrogens is 458 g/mol. The Bertz CT molecular complexity index is 1200. The van der Waals surface area contributed by atoms with Crippen LogP contribution in [-0.2, 0) is 0 Å². The minimum absolute atomic E-state index is 0.235. The Morgan fingerprint density at radius 3 is 1.90 bits per heavy atom. The van der Waals surface area contributed by atoms with Crippen LogP contribution in [0.5, 0.6) is 0 Å². The molecule has 2 aromatic heterocycles. The quantitative estimate of drug-likeness (QED) is 0.306. The van der Waals surface area contributed by atoms with E-state index < -0.39 is 0 Å². The van der Waals surface area contributed by atoms with Crippen molar-refractivity contribution >= 4 is 50.5 Å². The van der Waals surface area contributed by atoms with Gasteiger partial charge >= 0.3 is 0 Å². The van der Waals surface area contributed by atoms with Crippen molar-refractivity contribution in [2.45, 2.75) is 13.8 Å². The molecule has 8 heteroatoms. The van der Waals surface area contributed by atoms with Gasteiger partial charge in [-0.25, -0.2) is 9.97 Å². The van der Waals surface area contributed by atoms with Crippen LogP contribution in [0.25, 0.3) is 0 Å². The molecule has 0 aliphatic rings. The number of amides is 1. The highest BCUT2D eigenvalue weighted by Crippen LogP contribution is 2.22. The summed E-state index contributed by atoms with van der Waals surface area (Å²) in [7, 11) is 0. The maximum absolute atomic E-state index is 12.2. The molecule has 0 atom stereocenters. The van der Waals surface area contributed by atoms with Gasteiger partial charge in [-0.3, -0.25) is 4.79 Å². The number of hydrogen-bond acceptors (Lipinski definition) is 6. The smallest absolute Gasteiger partial charge is 0.291 e. The van der Waals surface area contributed by atoms with Gasteiger partial charge in [0, 0.05) is 23.1 Å². The van der Waals surface area contributed by atoms with Crippen LogP contribution < -0.4 is 16.0 Å². The summed E-state index contributed by atoms with van der Waals surface area (Å²) in [4.78, 5) is 21.1. The molecule has 0 aliphatic heterocycles. The molecule has 0 fully saturated rings. The highest BCUT2D eigenvalue weighted by atomic mass is 79.9. The van der Waals surface area contributed by atoms with E-state index in [-0.39, 0.29) is 11.7 Å². The molecular formula is C23H20BrN5O2. The third kappa shape index (κ3) is 5.49. The molecule has 0 unspecified atom stereocenters. The number of benzene rings is 2. The summed E-state index contributed by atoms with van der Waals surface area (Å²) in [6.07, 6.45) is 0. The fraction of sp³-hybridized carbons (Fsp3) is 0.0870. The zero-order valence-corrected chi connectivity index (χ0v) is 18.5. The molecule has 31 heavy (non-hydrogen) atoms. The lowest BCUT2D eigenvalue weighted by atomic mass is 10.2. The topological polar surface area (TPSA) is 92.1 Å². The van der Waals surface area contributed by atoms with Crippen molar-refractivity contribution < 1.29 is 9.21 Å².